The van der Waals surface area contributed by atoms with Crippen LogP contribution in [0.4, 0.5) is 23.3 Å². The number of carbonyl (C=O) groups excluding carboxylic acids is 1. The Kier molecular flexibility index (Phi) is 5.41. The van der Waals surface area contributed by atoms with Crippen molar-refractivity contribution < 1.29 is 19.7 Å². The minimum atomic E-state index is -1.07. The smallest absolute Gasteiger partial charge is 0.278 e. The lowest BCUT2D eigenvalue weighted by Gasteiger charge is -2.39. The molecule has 0 saturated carbocycles. The van der Waals surface area contributed by atoms with E-state index >= 15 is 0 Å². The first-order valence-electron chi connectivity index (χ1n) is 9.75. The molecule has 0 bridgehead atoms. The molecule has 1 saturated heterocycles. The number of aliphatic hydroxyl groups excluding tert-OH is 2. The predicted octanol–water partition coefficient (Wildman–Crippen LogP) is -0.130. The minimum Gasteiger partial charge on any atom is -0.394 e. The van der Waals surface area contributed by atoms with Gasteiger partial charge in [-0.15, -0.1) is 0 Å². The fourth-order valence-corrected chi connectivity index (χ4v) is 4.16. The summed E-state index contributed by atoms with van der Waals surface area (Å²) in [5.74, 6) is 0.796. The van der Waals surface area contributed by atoms with E-state index in [2.05, 4.69) is 15.0 Å². The normalized spacial score (nSPS) is 25.5. The maximum Gasteiger partial charge on any atom is 0.278 e. The zero-order valence-corrected chi connectivity index (χ0v) is 16.3. The lowest BCUT2D eigenvalue weighted by atomic mass is 9.98. The van der Waals surface area contributed by atoms with Gasteiger partial charge in [-0.2, -0.15) is 4.98 Å². The van der Waals surface area contributed by atoms with Gasteiger partial charge in [0.05, 0.1) is 12.7 Å². The van der Waals surface area contributed by atoms with Gasteiger partial charge in [0.15, 0.2) is 11.5 Å². The van der Waals surface area contributed by atoms with Crippen molar-refractivity contribution in [2.75, 3.05) is 28.8 Å². The molecule has 0 aromatic carbocycles. The van der Waals surface area contributed by atoms with E-state index < -0.39 is 23.5 Å². The van der Waals surface area contributed by atoms with E-state index in [1.807, 2.05) is 0 Å². The number of carbonyl (C=O) groups is 1. The average Bonchev–Trinajstić information content (AvgIpc) is 3.27. The molecular formula is C19H24N6O5. The van der Waals surface area contributed by atoms with Crippen LogP contribution in [-0.4, -0.2) is 62.7 Å². The zero-order valence-electron chi connectivity index (χ0n) is 16.3. The summed E-state index contributed by atoms with van der Waals surface area (Å²) in [6.45, 7) is -0.177. The molecule has 11 heteroatoms. The molecule has 0 spiro atoms. The number of nitrogens with zero attached hydrogens (tertiary/aromatic N) is 4. The maximum atomic E-state index is 12.8. The Bertz CT molecular complexity index is 970. The van der Waals surface area contributed by atoms with Gasteiger partial charge >= 0.3 is 0 Å². The van der Waals surface area contributed by atoms with Gasteiger partial charge in [0.1, 0.15) is 30.6 Å². The molecule has 0 radical (unpaired) electrons. The molecule has 0 amide bonds. The van der Waals surface area contributed by atoms with E-state index in [1.165, 1.54) is 0 Å². The summed E-state index contributed by atoms with van der Waals surface area (Å²) in [5.41, 5.74) is 4.59. The van der Waals surface area contributed by atoms with E-state index in [1.54, 1.807) is 34.2 Å². The first kappa shape index (κ1) is 20.3. The third kappa shape index (κ3) is 3.40. The van der Waals surface area contributed by atoms with Gasteiger partial charge in [0, 0.05) is 19.0 Å². The summed E-state index contributed by atoms with van der Waals surface area (Å²) in [6, 6.07) is 5.34. The Labute approximate surface area is 172 Å². The Hall–Kier alpha value is -3.02. The van der Waals surface area contributed by atoms with Crippen LogP contribution >= 0.6 is 0 Å². The number of H-pyrrole nitrogens is 1. The van der Waals surface area contributed by atoms with Crippen LogP contribution in [0, 0.1) is 0 Å². The number of aldehydes is 1. The molecule has 4 rings (SSSR count). The maximum absolute atomic E-state index is 12.8. The Morgan fingerprint density at radius 2 is 2.27 bits per heavy atom. The SMILES string of the molecule is Nc1nc2c(c(=O)[nH]1)N(c1ccccn1)CN2[C@@]1(CCCC=O)C[C@H](O)[C@@H](CO)O1. The Balaban J connectivity index is 1.80. The highest BCUT2D eigenvalue weighted by Crippen LogP contribution is 2.46. The highest BCUT2D eigenvalue weighted by molar-refractivity contribution is 5.79. The molecule has 2 aliphatic heterocycles. The number of hydrogen-bond acceptors (Lipinski definition) is 10. The fourth-order valence-electron chi connectivity index (χ4n) is 4.16. The zero-order chi connectivity index (χ0) is 21.3. The largest absolute Gasteiger partial charge is 0.394 e. The van der Waals surface area contributed by atoms with Crippen LogP contribution in [0.3, 0.4) is 0 Å². The van der Waals surface area contributed by atoms with Gasteiger partial charge in [-0.25, -0.2) is 4.98 Å². The van der Waals surface area contributed by atoms with Crippen molar-refractivity contribution in [1.82, 2.24) is 15.0 Å². The van der Waals surface area contributed by atoms with Crippen LogP contribution in [-0.2, 0) is 9.53 Å². The molecule has 5 N–H and O–H groups in total. The number of ether oxygens (including phenoxy) is 1. The van der Waals surface area contributed by atoms with Gasteiger partial charge in [-0.1, -0.05) is 6.07 Å². The second-order valence-corrected chi connectivity index (χ2v) is 7.42. The number of nitrogens with two attached hydrogens (primary N) is 1. The van der Waals surface area contributed by atoms with Crippen LogP contribution in [0.15, 0.2) is 29.2 Å². The van der Waals surface area contributed by atoms with E-state index in [-0.39, 0.29) is 31.3 Å². The molecule has 2 aliphatic rings. The summed E-state index contributed by atoms with van der Waals surface area (Å²) in [6.07, 6.45) is 2.15. The fraction of sp³-hybridized carbons (Fsp3) is 0.474. The van der Waals surface area contributed by atoms with Gasteiger partial charge in [0.2, 0.25) is 5.95 Å². The Morgan fingerprint density at radius 1 is 1.43 bits per heavy atom. The van der Waals surface area contributed by atoms with Crippen LogP contribution in [0.2, 0.25) is 0 Å². The molecule has 0 aliphatic carbocycles. The van der Waals surface area contributed by atoms with Crippen LogP contribution in [0.5, 0.6) is 0 Å². The number of nitrogens with one attached hydrogen (secondary N) is 1. The number of pyridine rings is 1. The number of unbranched alkanes of at least 4 members (excludes halogenated alkanes) is 1. The summed E-state index contributed by atoms with van der Waals surface area (Å²) < 4.78 is 6.13. The number of fused-ring (bicyclic) bond motifs is 1. The van der Waals surface area contributed by atoms with E-state index in [0.717, 1.165) is 6.29 Å². The molecule has 4 heterocycles. The molecule has 11 nitrogen and oxygen atoms in total. The molecule has 2 aromatic heterocycles. The van der Waals surface area contributed by atoms with E-state index in [0.29, 0.717) is 30.9 Å². The van der Waals surface area contributed by atoms with Crippen molar-refractivity contribution in [3.05, 3.63) is 34.7 Å². The summed E-state index contributed by atoms with van der Waals surface area (Å²) in [5, 5.41) is 20.1. The van der Waals surface area contributed by atoms with Crippen LogP contribution in [0.25, 0.3) is 0 Å². The van der Waals surface area contributed by atoms with Gasteiger partial charge < -0.3 is 30.4 Å². The number of aliphatic hydroxyl groups is 2. The van der Waals surface area contributed by atoms with Gasteiger partial charge in [0.25, 0.3) is 5.56 Å². The summed E-state index contributed by atoms with van der Waals surface area (Å²) >= 11 is 0. The van der Waals surface area contributed by atoms with Gasteiger partial charge in [-0.05, 0) is 25.0 Å². The lowest BCUT2D eigenvalue weighted by Crippen LogP contribution is -2.50. The number of nitrogen functional groups attached to an aromatic ring is 1. The number of hydrogen-bond donors (Lipinski definition) is 4. The number of anilines is 4. The monoisotopic (exact) mass is 416 g/mol. The third-order valence-electron chi connectivity index (χ3n) is 5.52. The molecule has 1 fully saturated rings. The predicted molar refractivity (Wildman–Crippen MR) is 108 cm³/mol. The molecule has 30 heavy (non-hydrogen) atoms. The van der Waals surface area contributed by atoms with Crippen molar-refractivity contribution in [1.29, 1.82) is 0 Å². The van der Waals surface area contributed by atoms with Crippen LogP contribution < -0.4 is 21.1 Å². The van der Waals surface area contributed by atoms with Crippen molar-refractivity contribution in [2.24, 2.45) is 0 Å². The van der Waals surface area contributed by atoms with Crippen molar-refractivity contribution in [2.45, 2.75) is 43.6 Å². The number of aromatic nitrogens is 3. The van der Waals surface area contributed by atoms with E-state index in [4.69, 9.17) is 10.5 Å². The molecule has 2 aromatic rings. The second kappa shape index (κ2) is 8.01. The number of aromatic amines is 1. The molecular weight excluding hydrogens is 392 g/mol. The quantitative estimate of drug-likeness (QED) is 0.354. The minimum absolute atomic E-state index is 0.0492. The van der Waals surface area contributed by atoms with Crippen LogP contribution in [0.1, 0.15) is 25.7 Å². The third-order valence-corrected chi connectivity index (χ3v) is 5.52. The Morgan fingerprint density at radius 3 is 2.93 bits per heavy atom. The second-order valence-electron chi connectivity index (χ2n) is 7.42. The molecule has 0 unspecified atom stereocenters. The highest BCUT2D eigenvalue weighted by atomic mass is 16.6. The standard InChI is InChI=1S/C19H24N6O5/c20-18-22-16-15(17(29)23-18)24(14-5-1-3-7-21-14)11-25(16)19(6-2-4-8-26)9-12(28)13(10-27)30-19/h1,3,5,7-8,12-13,27-28H,2,4,6,9-11H2,(H3,20,22,23,29)/t12-,13+,19+/m0/s1. The highest BCUT2D eigenvalue weighted by Gasteiger charge is 2.53. The van der Waals surface area contributed by atoms with E-state index in [9.17, 15) is 19.8 Å². The topological polar surface area (TPSA) is 158 Å². The van der Waals surface area contributed by atoms with Crippen molar-refractivity contribution in [3.8, 4) is 0 Å². The number of rotatable bonds is 7. The summed E-state index contributed by atoms with van der Waals surface area (Å²) in [4.78, 5) is 38.3. The van der Waals surface area contributed by atoms with Crippen molar-refractivity contribution in [3.63, 3.8) is 0 Å². The van der Waals surface area contributed by atoms with Gasteiger partial charge in [-0.3, -0.25) is 14.7 Å². The molecule has 3 atom stereocenters. The average molecular weight is 416 g/mol. The lowest BCUT2D eigenvalue weighted by molar-refractivity contribution is -0.108. The summed E-state index contributed by atoms with van der Waals surface area (Å²) in [7, 11) is 0. The van der Waals surface area contributed by atoms with Crippen molar-refractivity contribution >= 4 is 29.6 Å². The first-order valence-corrected chi connectivity index (χ1v) is 9.75. The molecule has 160 valence electrons. The first-order chi connectivity index (χ1) is 14.5.